The molecular formula is C12H12O6. The molecule has 6 nitrogen and oxygen atoms in total. The van der Waals surface area contributed by atoms with Crippen molar-refractivity contribution < 1.29 is 28.5 Å². The summed E-state index contributed by atoms with van der Waals surface area (Å²) in [5.74, 6) is -0.248. The summed E-state index contributed by atoms with van der Waals surface area (Å²) in [5, 5.41) is 0. The van der Waals surface area contributed by atoms with Crippen molar-refractivity contribution in [2.45, 2.75) is 6.42 Å². The summed E-state index contributed by atoms with van der Waals surface area (Å²) in [6.07, 6.45) is -0.0302. The number of methoxy groups -OCH3 is 2. The number of carbonyl (C=O) groups is 2. The molecule has 1 heterocycles. The van der Waals surface area contributed by atoms with Gasteiger partial charge in [-0.15, -0.1) is 0 Å². The van der Waals surface area contributed by atoms with E-state index < -0.39 is 11.9 Å². The van der Waals surface area contributed by atoms with Crippen LogP contribution in [-0.2, 0) is 20.7 Å². The Morgan fingerprint density at radius 3 is 2.67 bits per heavy atom. The van der Waals surface area contributed by atoms with Crippen LogP contribution in [0.3, 0.4) is 0 Å². The summed E-state index contributed by atoms with van der Waals surface area (Å²) in [5.41, 5.74) is 0.691. The number of benzene rings is 1. The molecule has 1 aromatic carbocycles. The van der Waals surface area contributed by atoms with Crippen LogP contribution in [0.25, 0.3) is 0 Å². The molecule has 1 aliphatic heterocycles. The molecule has 6 heteroatoms. The van der Waals surface area contributed by atoms with Crippen molar-refractivity contribution in [2.24, 2.45) is 0 Å². The highest BCUT2D eigenvalue weighted by Gasteiger charge is 2.27. The van der Waals surface area contributed by atoms with Gasteiger partial charge in [0.25, 0.3) is 0 Å². The van der Waals surface area contributed by atoms with Gasteiger partial charge >= 0.3 is 11.9 Å². The molecule has 0 atom stereocenters. The van der Waals surface area contributed by atoms with Crippen LogP contribution < -0.4 is 9.47 Å². The Labute approximate surface area is 103 Å². The van der Waals surface area contributed by atoms with Gasteiger partial charge in [0.15, 0.2) is 11.5 Å². The molecule has 0 aromatic heterocycles. The minimum absolute atomic E-state index is 0.0302. The Morgan fingerprint density at radius 2 is 2.00 bits per heavy atom. The topological polar surface area (TPSA) is 71.1 Å². The molecule has 0 N–H and O–H groups in total. The molecule has 0 fully saturated rings. The van der Waals surface area contributed by atoms with Crippen LogP contribution in [-0.4, -0.2) is 33.0 Å². The quantitative estimate of drug-likeness (QED) is 0.745. The van der Waals surface area contributed by atoms with E-state index in [1.54, 1.807) is 12.1 Å². The normalized spacial score (nSPS) is 12.1. The highest BCUT2D eigenvalue weighted by molar-refractivity contribution is 5.96. The average molecular weight is 252 g/mol. The minimum atomic E-state index is -0.573. The SMILES string of the molecule is COC(=O)Cc1ccc2c(c1C(=O)OC)OCO2. The molecule has 1 aromatic rings. The molecule has 0 spiro atoms. The fourth-order valence-corrected chi connectivity index (χ4v) is 1.71. The lowest BCUT2D eigenvalue weighted by Crippen LogP contribution is -2.12. The van der Waals surface area contributed by atoms with Crippen molar-refractivity contribution in [3.05, 3.63) is 23.3 Å². The molecule has 0 radical (unpaired) electrons. The Balaban J connectivity index is 2.46. The zero-order chi connectivity index (χ0) is 13.1. The number of hydrogen-bond acceptors (Lipinski definition) is 6. The average Bonchev–Trinajstić information content (AvgIpc) is 2.85. The van der Waals surface area contributed by atoms with Gasteiger partial charge in [-0.3, -0.25) is 4.79 Å². The Morgan fingerprint density at radius 1 is 1.22 bits per heavy atom. The lowest BCUT2D eigenvalue weighted by Gasteiger charge is -2.09. The molecule has 0 aliphatic carbocycles. The van der Waals surface area contributed by atoms with Gasteiger partial charge in [0, 0.05) is 0 Å². The van der Waals surface area contributed by atoms with E-state index in [1.165, 1.54) is 14.2 Å². The van der Waals surface area contributed by atoms with E-state index in [0.717, 1.165) is 0 Å². The predicted octanol–water partition coefficient (Wildman–Crippen LogP) is 0.917. The van der Waals surface area contributed by atoms with Gasteiger partial charge in [-0.25, -0.2) is 4.79 Å². The second-order valence-corrected chi connectivity index (χ2v) is 3.58. The van der Waals surface area contributed by atoms with Crippen molar-refractivity contribution in [1.29, 1.82) is 0 Å². The third-order valence-electron chi connectivity index (χ3n) is 2.58. The fraction of sp³-hybridized carbons (Fsp3) is 0.333. The number of ether oxygens (including phenoxy) is 4. The first-order valence-electron chi connectivity index (χ1n) is 5.24. The molecule has 1 aliphatic rings. The minimum Gasteiger partial charge on any atom is -0.469 e. The summed E-state index contributed by atoms with van der Waals surface area (Å²) >= 11 is 0. The lowest BCUT2D eigenvalue weighted by atomic mass is 10.0. The Hall–Kier alpha value is -2.24. The zero-order valence-electron chi connectivity index (χ0n) is 10.0. The van der Waals surface area contributed by atoms with E-state index in [9.17, 15) is 9.59 Å². The monoisotopic (exact) mass is 252 g/mol. The Bertz CT molecular complexity index is 494. The van der Waals surface area contributed by atoms with Gasteiger partial charge in [-0.05, 0) is 11.6 Å². The fourth-order valence-electron chi connectivity index (χ4n) is 1.71. The smallest absolute Gasteiger partial charge is 0.342 e. The van der Waals surface area contributed by atoms with Crippen molar-refractivity contribution in [3.63, 3.8) is 0 Å². The highest BCUT2D eigenvalue weighted by atomic mass is 16.7. The Kier molecular flexibility index (Phi) is 3.36. The molecule has 18 heavy (non-hydrogen) atoms. The molecule has 0 bridgehead atoms. The summed E-state index contributed by atoms with van der Waals surface area (Å²) in [6, 6.07) is 3.27. The van der Waals surface area contributed by atoms with E-state index in [0.29, 0.717) is 17.1 Å². The third-order valence-corrected chi connectivity index (χ3v) is 2.58. The highest BCUT2D eigenvalue weighted by Crippen LogP contribution is 2.38. The summed E-state index contributed by atoms with van der Waals surface area (Å²) in [6.45, 7) is 0.0427. The summed E-state index contributed by atoms with van der Waals surface area (Å²) in [7, 11) is 2.55. The van der Waals surface area contributed by atoms with E-state index in [1.807, 2.05) is 0 Å². The van der Waals surface area contributed by atoms with Crippen LogP contribution in [0.5, 0.6) is 11.5 Å². The van der Waals surface area contributed by atoms with Crippen LogP contribution in [0.4, 0.5) is 0 Å². The number of fused-ring (bicyclic) bond motifs is 1. The van der Waals surface area contributed by atoms with Crippen LogP contribution in [0, 0.1) is 0 Å². The van der Waals surface area contributed by atoms with Crippen LogP contribution >= 0.6 is 0 Å². The molecule has 0 unspecified atom stereocenters. The van der Waals surface area contributed by atoms with Crippen molar-refractivity contribution in [2.75, 3.05) is 21.0 Å². The van der Waals surface area contributed by atoms with Gasteiger partial charge < -0.3 is 18.9 Å². The summed E-state index contributed by atoms with van der Waals surface area (Å²) in [4.78, 5) is 23.1. The molecular weight excluding hydrogens is 240 g/mol. The molecule has 0 amide bonds. The second kappa shape index (κ2) is 4.95. The zero-order valence-corrected chi connectivity index (χ0v) is 10.0. The standard InChI is InChI=1S/C12H12O6/c1-15-9(13)5-7-3-4-8-11(18-6-17-8)10(7)12(14)16-2/h3-4H,5-6H2,1-2H3. The second-order valence-electron chi connectivity index (χ2n) is 3.58. The van der Waals surface area contributed by atoms with E-state index in [-0.39, 0.29) is 18.8 Å². The van der Waals surface area contributed by atoms with Gasteiger partial charge in [0.05, 0.1) is 20.6 Å². The summed E-state index contributed by atoms with van der Waals surface area (Å²) < 4.78 is 19.7. The number of hydrogen-bond donors (Lipinski definition) is 0. The van der Waals surface area contributed by atoms with E-state index in [2.05, 4.69) is 4.74 Å². The maximum absolute atomic E-state index is 11.8. The lowest BCUT2D eigenvalue weighted by molar-refractivity contribution is -0.139. The predicted molar refractivity (Wildman–Crippen MR) is 59.6 cm³/mol. The molecule has 2 rings (SSSR count). The van der Waals surface area contributed by atoms with Crippen molar-refractivity contribution >= 4 is 11.9 Å². The first-order valence-corrected chi connectivity index (χ1v) is 5.24. The number of carbonyl (C=O) groups excluding carboxylic acids is 2. The first kappa shape index (κ1) is 12.2. The number of esters is 2. The van der Waals surface area contributed by atoms with Crippen LogP contribution in [0.2, 0.25) is 0 Å². The van der Waals surface area contributed by atoms with Gasteiger partial charge in [0.1, 0.15) is 5.56 Å². The van der Waals surface area contributed by atoms with E-state index in [4.69, 9.17) is 14.2 Å². The molecule has 0 saturated carbocycles. The maximum atomic E-state index is 11.8. The van der Waals surface area contributed by atoms with E-state index >= 15 is 0 Å². The molecule has 96 valence electrons. The maximum Gasteiger partial charge on any atom is 0.342 e. The van der Waals surface area contributed by atoms with Gasteiger partial charge in [-0.1, -0.05) is 6.07 Å². The van der Waals surface area contributed by atoms with Crippen LogP contribution in [0.1, 0.15) is 15.9 Å². The van der Waals surface area contributed by atoms with Crippen molar-refractivity contribution in [3.8, 4) is 11.5 Å². The number of rotatable bonds is 3. The largest absolute Gasteiger partial charge is 0.469 e. The first-order chi connectivity index (χ1) is 8.67. The van der Waals surface area contributed by atoms with Crippen molar-refractivity contribution in [1.82, 2.24) is 0 Å². The van der Waals surface area contributed by atoms with Gasteiger partial charge in [0.2, 0.25) is 6.79 Å². The van der Waals surface area contributed by atoms with Gasteiger partial charge in [-0.2, -0.15) is 0 Å². The molecule has 0 saturated heterocycles. The third kappa shape index (κ3) is 2.09. The van der Waals surface area contributed by atoms with Crippen LogP contribution in [0.15, 0.2) is 12.1 Å².